The Morgan fingerprint density at radius 3 is 2.93 bits per heavy atom. The van der Waals surface area contributed by atoms with Crippen LogP contribution in [0.5, 0.6) is 0 Å². The molecule has 1 aliphatic rings. The highest BCUT2D eigenvalue weighted by Crippen LogP contribution is 2.30. The second kappa shape index (κ2) is 9.02. The Hall–Kier alpha value is -2.29. The van der Waals surface area contributed by atoms with E-state index in [2.05, 4.69) is 20.7 Å². The molecule has 0 bridgehead atoms. The summed E-state index contributed by atoms with van der Waals surface area (Å²) < 4.78 is 15.5. The maximum absolute atomic E-state index is 13.7. The standard InChI is InChI=1S/C20H22FN5OS.ClH/c1-12-3-4-13(6-18(12)21)5-15-8-23-20(28-15)25-19(27)17-10-22-9-16(17)14-7-24-26(2)11-14;/h3-4,6-8,11,16-17,22H,5,9-10H2,1-2H3,(H,23,25,27);1H/t16-,17+;/m1./s1. The molecule has 29 heavy (non-hydrogen) atoms. The summed E-state index contributed by atoms with van der Waals surface area (Å²) >= 11 is 1.42. The normalized spacial score (nSPS) is 18.4. The first-order valence-electron chi connectivity index (χ1n) is 9.19. The number of halogens is 2. The highest BCUT2D eigenvalue weighted by Gasteiger charge is 2.35. The van der Waals surface area contributed by atoms with E-state index < -0.39 is 0 Å². The first-order chi connectivity index (χ1) is 13.5. The fourth-order valence-electron chi connectivity index (χ4n) is 3.53. The Morgan fingerprint density at radius 1 is 1.38 bits per heavy atom. The van der Waals surface area contributed by atoms with E-state index in [0.717, 1.165) is 22.5 Å². The molecule has 0 saturated carbocycles. The van der Waals surface area contributed by atoms with Crippen LogP contribution in [-0.2, 0) is 18.3 Å². The predicted molar refractivity (Wildman–Crippen MR) is 114 cm³/mol. The molecule has 0 spiro atoms. The Bertz CT molecular complexity index is 1000. The molecule has 154 valence electrons. The number of nitrogens with zero attached hydrogens (tertiary/aromatic N) is 3. The third-order valence-corrected chi connectivity index (χ3v) is 6.02. The predicted octanol–water partition coefficient (Wildman–Crippen LogP) is 3.28. The van der Waals surface area contributed by atoms with E-state index in [4.69, 9.17) is 0 Å². The molecule has 0 aliphatic carbocycles. The second-order valence-corrected chi connectivity index (χ2v) is 8.32. The molecule has 0 unspecified atom stereocenters. The van der Waals surface area contributed by atoms with Gasteiger partial charge in [-0.05, 0) is 29.7 Å². The minimum atomic E-state index is -0.203. The Kier molecular flexibility index (Phi) is 6.66. The summed E-state index contributed by atoms with van der Waals surface area (Å²) in [6.07, 6.45) is 6.11. The summed E-state index contributed by atoms with van der Waals surface area (Å²) in [7, 11) is 1.87. The van der Waals surface area contributed by atoms with Crippen molar-refractivity contribution in [3.8, 4) is 0 Å². The van der Waals surface area contributed by atoms with Crippen molar-refractivity contribution in [2.75, 3.05) is 18.4 Å². The van der Waals surface area contributed by atoms with Crippen molar-refractivity contribution in [1.29, 1.82) is 0 Å². The number of anilines is 1. The zero-order valence-corrected chi connectivity index (χ0v) is 17.8. The van der Waals surface area contributed by atoms with Crippen molar-refractivity contribution in [1.82, 2.24) is 20.1 Å². The molecule has 1 aromatic carbocycles. The van der Waals surface area contributed by atoms with Crippen LogP contribution in [0, 0.1) is 18.7 Å². The van der Waals surface area contributed by atoms with Gasteiger partial charge in [0.1, 0.15) is 5.82 Å². The molecule has 0 radical (unpaired) electrons. The first kappa shape index (κ1) is 21.4. The fourth-order valence-corrected chi connectivity index (χ4v) is 4.38. The molecule has 1 fully saturated rings. The monoisotopic (exact) mass is 435 g/mol. The fraction of sp³-hybridized carbons (Fsp3) is 0.350. The number of aromatic nitrogens is 3. The largest absolute Gasteiger partial charge is 0.315 e. The maximum Gasteiger partial charge on any atom is 0.231 e. The molecule has 4 rings (SSSR count). The highest BCUT2D eigenvalue weighted by molar-refractivity contribution is 7.15. The van der Waals surface area contributed by atoms with E-state index in [1.54, 1.807) is 29.9 Å². The van der Waals surface area contributed by atoms with Crippen molar-refractivity contribution in [2.45, 2.75) is 19.3 Å². The van der Waals surface area contributed by atoms with Crippen LogP contribution < -0.4 is 10.6 Å². The van der Waals surface area contributed by atoms with Gasteiger partial charge in [0.05, 0.1) is 12.1 Å². The number of thiazole rings is 1. The number of hydrogen-bond donors (Lipinski definition) is 2. The van der Waals surface area contributed by atoms with E-state index in [9.17, 15) is 9.18 Å². The van der Waals surface area contributed by atoms with Crippen LogP contribution in [0.25, 0.3) is 0 Å². The van der Waals surface area contributed by atoms with E-state index in [-0.39, 0.29) is 36.0 Å². The molecule has 1 aliphatic heterocycles. The molecule has 1 saturated heterocycles. The van der Waals surface area contributed by atoms with E-state index in [0.29, 0.717) is 23.7 Å². The Labute approximate surface area is 179 Å². The number of rotatable bonds is 5. The molecule has 2 atom stereocenters. The smallest absolute Gasteiger partial charge is 0.231 e. The molecule has 3 aromatic rings. The van der Waals surface area contributed by atoms with Crippen LogP contribution in [0.15, 0.2) is 36.8 Å². The van der Waals surface area contributed by atoms with Gasteiger partial charge in [0.2, 0.25) is 5.91 Å². The number of nitrogens with one attached hydrogen (secondary N) is 2. The van der Waals surface area contributed by atoms with E-state index in [1.807, 2.05) is 25.5 Å². The van der Waals surface area contributed by atoms with Crippen molar-refractivity contribution in [3.63, 3.8) is 0 Å². The van der Waals surface area contributed by atoms with Gasteiger partial charge in [0.15, 0.2) is 5.13 Å². The summed E-state index contributed by atoms with van der Waals surface area (Å²) in [5.41, 5.74) is 2.59. The number of benzene rings is 1. The third-order valence-electron chi connectivity index (χ3n) is 5.10. The van der Waals surface area contributed by atoms with Gasteiger partial charge in [-0.2, -0.15) is 5.10 Å². The van der Waals surface area contributed by atoms with E-state index in [1.165, 1.54) is 11.3 Å². The van der Waals surface area contributed by atoms with Gasteiger partial charge >= 0.3 is 0 Å². The van der Waals surface area contributed by atoms with E-state index >= 15 is 0 Å². The molecule has 2 aromatic heterocycles. The lowest BCUT2D eigenvalue weighted by Crippen LogP contribution is -2.27. The second-order valence-electron chi connectivity index (χ2n) is 7.20. The van der Waals surface area contributed by atoms with Crippen LogP contribution in [0.2, 0.25) is 0 Å². The quantitative estimate of drug-likeness (QED) is 0.645. The van der Waals surface area contributed by atoms with Gasteiger partial charge in [-0.15, -0.1) is 23.7 Å². The van der Waals surface area contributed by atoms with Crippen LogP contribution >= 0.6 is 23.7 Å². The Morgan fingerprint density at radius 2 is 2.21 bits per heavy atom. The maximum atomic E-state index is 13.7. The molecule has 3 heterocycles. The zero-order valence-electron chi connectivity index (χ0n) is 16.2. The average molecular weight is 436 g/mol. The summed E-state index contributed by atoms with van der Waals surface area (Å²) in [6.45, 7) is 3.13. The lowest BCUT2D eigenvalue weighted by molar-refractivity contribution is -0.119. The number of carbonyl (C=O) groups excluding carboxylic acids is 1. The van der Waals surface area contributed by atoms with Crippen LogP contribution in [0.1, 0.15) is 27.5 Å². The highest BCUT2D eigenvalue weighted by atomic mass is 35.5. The van der Waals surface area contributed by atoms with Crippen LogP contribution in [0.3, 0.4) is 0 Å². The minimum Gasteiger partial charge on any atom is -0.315 e. The Balaban J connectivity index is 0.00000240. The first-order valence-corrected chi connectivity index (χ1v) is 10.0. The van der Waals surface area contributed by atoms with Gasteiger partial charge in [-0.25, -0.2) is 9.37 Å². The number of aryl methyl sites for hydroxylation is 2. The average Bonchev–Trinajstić information content (AvgIpc) is 3.39. The number of hydrogen-bond acceptors (Lipinski definition) is 5. The molecule has 1 amide bonds. The molecular formula is C20H23ClFN5OS. The zero-order chi connectivity index (χ0) is 19.7. The van der Waals surface area contributed by atoms with Crippen molar-refractivity contribution >= 4 is 34.8 Å². The summed E-state index contributed by atoms with van der Waals surface area (Å²) in [5.74, 6) is -0.307. The van der Waals surface area contributed by atoms with Crippen LogP contribution in [0.4, 0.5) is 9.52 Å². The molecule has 6 nitrogen and oxygen atoms in total. The summed E-state index contributed by atoms with van der Waals surface area (Å²) in [4.78, 5) is 18.1. The summed E-state index contributed by atoms with van der Waals surface area (Å²) in [5, 5.41) is 11.0. The lowest BCUT2D eigenvalue weighted by atomic mass is 9.90. The van der Waals surface area contributed by atoms with Crippen molar-refractivity contribution in [3.05, 3.63) is 64.2 Å². The number of carbonyl (C=O) groups is 1. The molecular weight excluding hydrogens is 413 g/mol. The SMILES string of the molecule is Cc1ccc(Cc2cnc(NC(=O)[C@H]3CNC[C@@H]3c3cnn(C)c3)s2)cc1F.Cl. The lowest BCUT2D eigenvalue weighted by Gasteiger charge is -2.15. The number of amides is 1. The van der Waals surface area contributed by atoms with Gasteiger partial charge in [-0.1, -0.05) is 12.1 Å². The minimum absolute atomic E-state index is 0. The molecule has 9 heteroatoms. The molecule has 2 N–H and O–H groups in total. The summed E-state index contributed by atoms with van der Waals surface area (Å²) in [6, 6.07) is 5.25. The van der Waals surface area contributed by atoms with Crippen LogP contribution in [-0.4, -0.2) is 33.8 Å². The van der Waals surface area contributed by atoms with Crippen molar-refractivity contribution < 1.29 is 9.18 Å². The topological polar surface area (TPSA) is 71.8 Å². The van der Waals surface area contributed by atoms with Gasteiger partial charge in [0.25, 0.3) is 0 Å². The van der Waals surface area contributed by atoms with Gasteiger partial charge < -0.3 is 10.6 Å². The van der Waals surface area contributed by atoms with Gasteiger partial charge in [0, 0.05) is 49.7 Å². The van der Waals surface area contributed by atoms with Gasteiger partial charge in [-0.3, -0.25) is 9.48 Å². The van der Waals surface area contributed by atoms with Crippen molar-refractivity contribution in [2.24, 2.45) is 13.0 Å². The third kappa shape index (κ3) is 4.83.